The zero-order valence-electron chi connectivity index (χ0n) is 17.0. The molecule has 0 saturated carbocycles. The van der Waals surface area contributed by atoms with Crippen LogP contribution in [0.15, 0.2) is 65.6 Å². The number of carbonyl (C=O) groups is 1. The fourth-order valence-corrected chi connectivity index (χ4v) is 3.71. The number of hydrogen-bond acceptors (Lipinski definition) is 5. The van der Waals surface area contributed by atoms with Crippen LogP contribution in [-0.2, 0) is 17.8 Å². The Morgan fingerprint density at radius 1 is 1.13 bits per heavy atom. The van der Waals surface area contributed by atoms with Gasteiger partial charge < -0.3 is 9.80 Å². The predicted molar refractivity (Wildman–Crippen MR) is 115 cm³/mol. The normalized spacial score (nSPS) is 16.1. The van der Waals surface area contributed by atoms with Crippen LogP contribution in [0, 0.1) is 0 Å². The summed E-state index contributed by atoms with van der Waals surface area (Å²) in [6, 6.07) is 17.4. The molecule has 2 aromatic heterocycles. The summed E-state index contributed by atoms with van der Waals surface area (Å²) in [5.74, 6) is 0.501. The highest BCUT2D eigenvalue weighted by atomic mass is 16.2. The van der Waals surface area contributed by atoms with Crippen LogP contribution in [0.3, 0.4) is 0 Å². The number of carbonyl (C=O) groups excluding carboxylic acids is 1. The summed E-state index contributed by atoms with van der Waals surface area (Å²) < 4.78 is 0. The van der Waals surface area contributed by atoms with Crippen LogP contribution in [0.1, 0.15) is 29.3 Å². The van der Waals surface area contributed by atoms with Gasteiger partial charge in [-0.15, -0.1) is 0 Å². The molecule has 154 valence electrons. The van der Waals surface area contributed by atoms with Crippen LogP contribution in [0.5, 0.6) is 0 Å². The number of hydrogen-bond donors (Lipinski definition) is 1. The first-order chi connectivity index (χ1) is 14.6. The number of amides is 1. The van der Waals surface area contributed by atoms with Crippen molar-refractivity contribution in [2.24, 2.45) is 0 Å². The van der Waals surface area contributed by atoms with Crippen molar-refractivity contribution < 1.29 is 4.79 Å². The molecule has 7 nitrogen and oxygen atoms in total. The molecule has 0 radical (unpaired) electrons. The molecule has 1 amide bonds. The number of benzene rings is 1. The number of anilines is 1. The Labute approximate surface area is 175 Å². The van der Waals surface area contributed by atoms with E-state index in [0.29, 0.717) is 31.2 Å². The topological polar surface area (TPSA) is 82.2 Å². The Bertz CT molecular complexity index is 1050. The van der Waals surface area contributed by atoms with E-state index in [0.717, 1.165) is 18.7 Å². The number of pyridine rings is 1. The average molecular weight is 403 g/mol. The third kappa shape index (κ3) is 4.74. The average Bonchev–Trinajstić information content (AvgIpc) is 3.13. The van der Waals surface area contributed by atoms with Crippen molar-refractivity contribution in [2.75, 3.05) is 25.0 Å². The largest absolute Gasteiger partial charge is 0.345 e. The standard InChI is InChI=1S/C23H25N5O2/c1-27(12-10-17-7-3-2-4-8-17)23-25-20(14-21(29)26-23)18-13-22(30)28(15-18)16-19-9-5-6-11-24-19/h2-9,11,14,18H,10,12-13,15-16H2,1H3,(H,25,26,29)/t18-/m0/s1. The summed E-state index contributed by atoms with van der Waals surface area (Å²) in [4.78, 5) is 40.3. The van der Waals surface area contributed by atoms with Crippen molar-refractivity contribution in [3.8, 4) is 0 Å². The minimum Gasteiger partial charge on any atom is -0.345 e. The van der Waals surface area contributed by atoms with E-state index >= 15 is 0 Å². The van der Waals surface area contributed by atoms with Gasteiger partial charge in [-0.2, -0.15) is 0 Å². The van der Waals surface area contributed by atoms with Gasteiger partial charge in [0.05, 0.1) is 17.9 Å². The van der Waals surface area contributed by atoms with Crippen molar-refractivity contribution in [1.29, 1.82) is 0 Å². The van der Waals surface area contributed by atoms with Crippen molar-refractivity contribution >= 4 is 11.9 Å². The minimum absolute atomic E-state index is 0.0618. The molecule has 1 aliphatic heterocycles. The Kier molecular flexibility index (Phi) is 5.88. The van der Waals surface area contributed by atoms with Crippen LogP contribution < -0.4 is 10.5 Å². The van der Waals surface area contributed by atoms with Gasteiger partial charge in [0.15, 0.2) is 0 Å². The second kappa shape index (κ2) is 8.90. The van der Waals surface area contributed by atoms with E-state index < -0.39 is 0 Å². The van der Waals surface area contributed by atoms with E-state index in [2.05, 4.69) is 27.1 Å². The smallest absolute Gasteiger partial charge is 0.252 e. The third-order valence-electron chi connectivity index (χ3n) is 5.40. The van der Waals surface area contributed by atoms with Gasteiger partial charge in [-0.3, -0.25) is 19.6 Å². The van der Waals surface area contributed by atoms with Crippen LogP contribution in [0.4, 0.5) is 5.95 Å². The van der Waals surface area contributed by atoms with Crippen LogP contribution in [0.2, 0.25) is 0 Å². The molecule has 1 aliphatic rings. The molecule has 7 heteroatoms. The molecule has 1 fully saturated rings. The molecule has 1 saturated heterocycles. The fourth-order valence-electron chi connectivity index (χ4n) is 3.71. The molecular weight excluding hydrogens is 378 g/mol. The zero-order chi connectivity index (χ0) is 20.9. The molecular formula is C23H25N5O2. The van der Waals surface area contributed by atoms with Crippen molar-refractivity contribution in [3.63, 3.8) is 0 Å². The fraction of sp³-hybridized carbons (Fsp3) is 0.304. The van der Waals surface area contributed by atoms with E-state index in [9.17, 15) is 9.59 Å². The molecule has 0 spiro atoms. The SMILES string of the molecule is CN(CCc1ccccc1)c1nc([C@H]2CC(=O)N(Cc3ccccn3)C2)cc(=O)[nH]1. The Morgan fingerprint density at radius 2 is 1.93 bits per heavy atom. The van der Waals surface area contributed by atoms with E-state index in [1.165, 1.54) is 11.6 Å². The van der Waals surface area contributed by atoms with E-state index in [4.69, 9.17) is 0 Å². The summed E-state index contributed by atoms with van der Waals surface area (Å²) in [5, 5.41) is 0. The lowest BCUT2D eigenvalue weighted by atomic mass is 10.0. The highest BCUT2D eigenvalue weighted by Gasteiger charge is 2.32. The van der Waals surface area contributed by atoms with E-state index in [-0.39, 0.29) is 17.4 Å². The molecule has 30 heavy (non-hydrogen) atoms. The number of aromatic amines is 1. The van der Waals surface area contributed by atoms with Gasteiger partial charge in [0.1, 0.15) is 0 Å². The van der Waals surface area contributed by atoms with E-state index in [1.54, 1.807) is 11.1 Å². The van der Waals surface area contributed by atoms with Crippen LogP contribution in [0.25, 0.3) is 0 Å². The predicted octanol–water partition coefficient (Wildman–Crippen LogP) is 2.36. The number of likely N-dealkylation sites (tertiary alicyclic amines) is 1. The second-order valence-electron chi connectivity index (χ2n) is 7.65. The zero-order valence-corrected chi connectivity index (χ0v) is 17.0. The summed E-state index contributed by atoms with van der Waals surface area (Å²) in [6.45, 7) is 1.74. The summed E-state index contributed by atoms with van der Waals surface area (Å²) in [6.07, 6.45) is 2.94. The highest BCUT2D eigenvalue weighted by molar-refractivity contribution is 5.79. The maximum absolute atomic E-state index is 12.5. The quantitative estimate of drug-likeness (QED) is 0.655. The van der Waals surface area contributed by atoms with Crippen molar-refractivity contribution in [3.05, 3.63) is 88.1 Å². The lowest BCUT2D eigenvalue weighted by Crippen LogP contribution is -2.27. The lowest BCUT2D eigenvalue weighted by Gasteiger charge is -2.19. The molecule has 1 N–H and O–H groups in total. The van der Waals surface area contributed by atoms with Gasteiger partial charge >= 0.3 is 0 Å². The van der Waals surface area contributed by atoms with E-state index in [1.807, 2.05) is 48.3 Å². The Hall–Kier alpha value is -3.48. The summed E-state index contributed by atoms with van der Waals surface area (Å²) >= 11 is 0. The first-order valence-corrected chi connectivity index (χ1v) is 10.1. The van der Waals surface area contributed by atoms with Gasteiger partial charge in [-0.05, 0) is 24.1 Å². The Balaban J connectivity index is 1.45. The molecule has 0 aliphatic carbocycles. The third-order valence-corrected chi connectivity index (χ3v) is 5.40. The number of H-pyrrole nitrogens is 1. The molecule has 1 aromatic carbocycles. The first kappa shape index (κ1) is 19.8. The molecule has 0 bridgehead atoms. The van der Waals surface area contributed by atoms with Gasteiger partial charge in [0.2, 0.25) is 11.9 Å². The second-order valence-corrected chi connectivity index (χ2v) is 7.65. The van der Waals surface area contributed by atoms with Gasteiger partial charge in [0.25, 0.3) is 5.56 Å². The summed E-state index contributed by atoms with van der Waals surface area (Å²) in [5.41, 5.74) is 2.55. The van der Waals surface area contributed by atoms with Gasteiger partial charge in [-0.1, -0.05) is 36.4 Å². The Morgan fingerprint density at radius 3 is 2.70 bits per heavy atom. The minimum atomic E-state index is -0.197. The molecule has 0 unspecified atom stereocenters. The number of nitrogens with one attached hydrogen (secondary N) is 1. The van der Waals surface area contributed by atoms with Gasteiger partial charge in [-0.25, -0.2) is 4.98 Å². The van der Waals surface area contributed by atoms with Gasteiger partial charge in [0, 0.05) is 44.7 Å². The molecule has 4 rings (SSSR count). The number of likely N-dealkylation sites (N-methyl/N-ethyl adjacent to an activating group) is 1. The summed E-state index contributed by atoms with van der Waals surface area (Å²) in [7, 11) is 1.91. The van der Waals surface area contributed by atoms with Crippen molar-refractivity contribution in [2.45, 2.75) is 25.3 Å². The monoisotopic (exact) mass is 403 g/mol. The number of rotatable bonds is 7. The maximum atomic E-state index is 12.5. The van der Waals surface area contributed by atoms with Crippen LogP contribution in [-0.4, -0.2) is 45.9 Å². The number of nitrogens with zero attached hydrogens (tertiary/aromatic N) is 4. The maximum Gasteiger partial charge on any atom is 0.252 e. The van der Waals surface area contributed by atoms with Crippen molar-refractivity contribution in [1.82, 2.24) is 19.9 Å². The lowest BCUT2D eigenvalue weighted by molar-refractivity contribution is -0.128. The molecule has 3 aromatic rings. The highest BCUT2D eigenvalue weighted by Crippen LogP contribution is 2.28. The molecule has 1 atom stereocenters. The molecule has 3 heterocycles. The van der Waals surface area contributed by atoms with Crippen LogP contribution >= 0.6 is 0 Å². The number of aromatic nitrogens is 3. The first-order valence-electron chi connectivity index (χ1n) is 10.1.